The minimum atomic E-state index is -0.229. The van der Waals surface area contributed by atoms with Gasteiger partial charge in [0.05, 0.1) is 11.6 Å². The van der Waals surface area contributed by atoms with Gasteiger partial charge in [0.2, 0.25) is 5.89 Å². The van der Waals surface area contributed by atoms with Crippen LogP contribution >= 0.6 is 0 Å². The maximum Gasteiger partial charge on any atom is 0.231 e. The van der Waals surface area contributed by atoms with Crippen LogP contribution in [0.2, 0.25) is 0 Å². The second-order valence-corrected chi connectivity index (χ2v) is 7.44. The normalized spacial score (nSPS) is 18.3. The van der Waals surface area contributed by atoms with Crippen LogP contribution in [0.15, 0.2) is 41.2 Å². The molecule has 1 atom stereocenters. The molecule has 1 aliphatic rings. The van der Waals surface area contributed by atoms with E-state index in [-0.39, 0.29) is 17.7 Å². The van der Waals surface area contributed by atoms with Crippen molar-refractivity contribution < 1.29 is 8.91 Å². The molecule has 7 heteroatoms. The SMILES string of the molecule is CC(C)c1noc([C@H]2CCCN(Cc3cc(F)ccc3-n3cccn3)C2)n1. The van der Waals surface area contributed by atoms with Gasteiger partial charge in [-0.15, -0.1) is 0 Å². The standard InChI is InChI=1S/C20H24FN5O/c1-14(2)19-23-20(27-24-19)15-5-3-9-25(12-15)13-16-11-17(21)6-7-18(16)26-10-4-8-22-26/h4,6-8,10-11,14-15H,3,5,9,12-13H2,1-2H3/t15-/m0/s1. The van der Waals surface area contributed by atoms with Crippen molar-refractivity contribution in [1.29, 1.82) is 0 Å². The molecular weight excluding hydrogens is 345 g/mol. The van der Waals surface area contributed by atoms with Gasteiger partial charge < -0.3 is 4.52 Å². The van der Waals surface area contributed by atoms with E-state index >= 15 is 0 Å². The Bertz CT molecular complexity index is 890. The number of piperidine rings is 1. The molecule has 3 aromatic rings. The maximum absolute atomic E-state index is 13.9. The molecule has 0 aliphatic carbocycles. The summed E-state index contributed by atoms with van der Waals surface area (Å²) in [5.41, 5.74) is 1.83. The zero-order valence-corrected chi connectivity index (χ0v) is 15.7. The fraction of sp³-hybridized carbons (Fsp3) is 0.450. The number of nitrogens with zero attached hydrogens (tertiary/aromatic N) is 5. The van der Waals surface area contributed by atoms with E-state index in [4.69, 9.17) is 4.52 Å². The van der Waals surface area contributed by atoms with Gasteiger partial charge >= 0.3 is 0 Å². The van der Waals surface area contributed by atoms with Gasteiger partial charge in [-0.1, -0.05) is 19.0 Å². The molecule has 2 aromatic heterocycles. The largest absolute Gasteiger partial charge is 0.339 e. The Morgan fingerprint density at radius 1 is 1.33 bits per heavy atom. The smallest absolute Gasteiger partial charge is 0.231 e. The molecule has 1 aromatic carbocycles. The summed E-state index contributed by atoms with van der Waals surface area (Å²) in [6, 6.07) is 6.73. The number of hydrogen-bond acceptors (Lipinski definition) is 5. The molecule has 1 saturated heterocycles. The Balaban J connectivity index is 1.52. The van der Waals surface area contributed by atoms with E-state index in [0.717, 1.165) is 48.9 Å². The predicted molar refractivity (Wildman–Crippen MR) is 99.2 cm³/mol. The molecular formula is C20H24FN5O. The molecule has 3 heterocycles. The predicted octanol–water partition coefficient (Wildman–Crippen LogP) is 3.90. The summed E-state index contributed by atoms with van der Waals surface area (Å²) in [6.45, 7) is 6.57. The van der Waals surface area contributed by atoms with Crippen molar-refractivity contribution in [3.05, 3.63) is 59.8 Å². The van der Waals surface area contributed by atoms with Crippen LogP contribution in [0.3, 0.4) is 0 Å². The molecule has 1 fully saturated rings. The number of rotatable bonds is 5. The third kappa shape index (κ3) is 3.93. The number of halogens is 1. The molecule has 0 spiro atoms. The van der Waals surface area contributed by atoms with Crippen molar-refractivity contribution in [2.24, 2.45) is 0 Å². The summed E-state index contributed by atoms with van der Waals surface area (Å²) in [6.07, 6.45) is 5.69. The van der Waals surface area contributed by atoms with Gasteiger partial charge in [0.1, 0.15) is 5.82 Å². The first-order valence-electron chi connectivity index (χ1n) is 9.44. The lowest BCUT2D eigenvalue weighted by Gasteiger charge is -2.31. The summed E-state index contributed by atoms with van der Waals surface area (Å²) in [5.74, 6) is 1.72. The van der Waals surface area contributed by atoms with Gasteiger partial charge in [0.25, 0.3) is 0 Å². The van der Waals surface area contributed by atoms with E-state index in [0.29, 0.717) is 6.54 Å². The Labute approximate surface area is 158 Å². The highest BCUT2D eigenvalue weighted by Crippen LogP contribution is 2.28. The first kappa shape index (κ1) is 17.9. The van der Waals surface area contributed by atoms with Crippen LogP contribution in [-0.4, -0.2) is 37.9 Å². The summed E-state index contributed by atoms with van der Waals surface area (Å²) < 4.78 is 21.2. The first-order valence-corrected chi connectivity index (χ1v) is 9.44. The highest BCUT2D eigenvalue weighted by molar-refractivity contribution is 5.40. The van der Waals surface area contributed by atoms with Gasteiger partial charge in [-0.2, -0.15) is 10.1 Å². The highest BCUT2D eigenvalue weighted by Gasteiger charge is 2.27. The number of benzene rings is 1. The van der Waals surface area contributed by atoms with E-state index in [2.05, 4.69) is 34.0 Å². The number of likely N-dealkylation sites (tertiary alicyclic amines) is 1. The Kier molecular flexibility index (Phi) is 5.03. The molecule has 0 unspecified atom stereocenters. The van der Waals surface area contributed by atoms with Crippen molar-refractivity contribution in [2.45, 2.75) is 45.1 Å². The average Bonchev–Trinajstić information content (AvgIpc) is 3.34. The van der Waals surface area contributed by atoms with Crippen LogP contribution in [-0.2, 0) is 6.54 Å². The number of aromatic nitrogens is 4. The van der Waals surface area contributed by atoms with Crippen LogP contribution in [0.5, 0.6) is 0 Å². The van der Waals surface area contributed by atoms with Crippen LogP contribution < -0.4 is 0 Å². The minimum absolute atomic E-state index is 0.223. The van der Waals surface area contributed by atoms with Crippen LogP contribution in [0, 0.1) is 5.82 Å². The topological polar surface area (TPSA) is 60.0 Å². The van der Waals surface area contributed by atoms with Crippen LogP contribution in [0.1, 0.15) is 55.8 Å². The van der Waals surface area contributed by atoms with E-state index in [1.165, 1.54) is 6.07 Å². The van der Waals surface area contributed by atoms with Gasteiger partial charge in [-0.3, -0.25) is 4.90 Å². The lowest BCUT2D eigenvalue weighted by atomic mass is 9.97. The Morgan fingerprint density at radius 2 is 2.22 bits per heavy atom. The van der Waals surface area contributed by atoms with Gasteiger partial charge in [-0.25, -0.2) is 9.07 Å². The van der Waals surface area contributed by atoms with E-state index in [9.17, 15) is 4.39 Å². The third-order valence-electron chi connectivity index (χ3n) is 5.02. The van der Waals surface area contributed by atoms with Gasteiger partial charge in [0.15, 0.2) is 5.82 Å². The van der Waals surface area contributed by atoms with Crippen LogP contribution in [0.4, 0.5) is 4.39 Å². The molecule has 0 bridgehead atoms. The zero-order chi connectivity index (χ0) is 18.8. The molecule has 142 valence electrons. The quantitative estimate of drug-likeness (QED) is 0.683. The maximum atomic E-state index is 13.9. The van der Waals surface area contributed by atoms with Crippen molar-refractivity contribution in [2.75, 3.05) is 13.1 Å². The third-order valence-corrected chi connectivity index (χ3v) is 5.02. The molecule has 0 amide bonds. The summed E-state index contributed by atoms with van der Waals surface area (Å²) in [7, 11) is 0. The van der Waals surface area contributed by atoms with Crippen molar-refractivity contribution in [3.8, 4) is 5.69 Å². The Hall–Kier alpha value is -2.54. The molecule has 4 rings (SSSR count). The van der Waals surface area contributed by atoms with Gasteiger partial charge in [0, 0.05) is 31.4 Å². The molecule has 1 aliphatic heterocycles. The molecule has 6 nitrogen and oxygen atoms in total. The first-order chi connectivity index (χ1) is 13.1. The van der Waals surface area contributed by atoms with E-state index in [1.54, 1.807) is 23.0 Å². The second-order valence-electron chi connectivity index (χ2n) is 7.44. The lowest BCUT2D eigenvalue weighted by Crippen LogP contribution is -2.34. The molecule has 27 heavy (non-hydrogen) atoms. The zero-order valence-electron chi connectivity index (χ0n) is 15.7. The minimum Gasteiger partial charge on any atom is -0.339 e. The lowest BCUT2D eigenvalue weighted by molar-refractivity contribution is 0.180. The molecule has 0 radical (unpaired) electrons. The summed E-state index contributed by atoms with van der Waals surface area (Å²) in [5, 5.41) is 8.39. The molecule has 0 saturated carbocycles. The van der Waals surface area contributed by atoms with Crippen molar-refractivity contribution in [3.63, 3.8) is 0 Å². The second kappa shape index (κ2) is 7.60. The van der Waals surface area contributed by atoms with Gasteiger partial charge in [-0.05, 0) is 49.2 Å². The van der Waals surface area contributed by atoms with E-state index in [1.807, 2.05) is 12.3 Å². The highest BCUT2D eigenvalue weighted by atomic mass is 19.1. The van der Waals surface area contributed by atoms with E-state index < -0.39 is 0 Å². The average molecular weight is 369 g/mol. The number of hydrogen-bond donors (Lipinski definition) is 0. The van der Waals surface area contributed by atoms with Crippen LogP contribution in [0.25, 0.3) is 5.69 Å². The fourth-order valence-corrected chi connectivity index (χ4v) is 3.60. The van der Waals surface area contributed by atoms with Crippen molar-refractivity contribution in [1.82, 2.24) is 24.8 Å². The monoisotopic (exact) mass is 369 g/mol. The summed E-state index contributed by atoms with van der Waals surface area (Å²) in [4.78, 5) is 6.90. The van der Waals surface area contributed by atoms with Crippen molar-refractivity contribution >= 4 is 0 Å². The fourth-order valence-electron chi connectivity index (χ4n) is 3.60. The Morgan fingerprint density at radius 3 is 2.96 bits per heavy atom. The molecule has 0 N–H and O–H groups in total. The summed E-state index contributed by atoms with van der Waals surface area (Å²) >= 11 is 0.